The van der Waals surface area contributed by atoms with Crippen LogP contribution >= 0.6 is 0 Å². The van der Waals surface area contributed by atoms with Crippen LogP contribution in [0.25, 0.3) is 11.3 Å². The fourth-order valence-electron chi connectivity index (χ4n) is 1.99. The minimum Gasteiger partial charge on any atom is -0.496 e. The van der Waals surface area contributed by atoms with E-state index >= 15 is 0 Å². The standard InChI is InChI=1S/C15H18N2O5/c1-18-9-6-11(19-2)14(12(7-9)20-3)10-8-13(21-4)17-15(16-10)22-5/h6-8H,1-5H3. The van der Waals surface area contributed by atoms with Crippen LogP contribution < -0.4 is 23.7 Å². The predicted octanol–water partition coefficient (Wildman–Crippen LogP) is 2.19. The summed E-state index contributed by atoms with van der Waals surface area (Å²) in [5.74, 6) is 2.10. The Hall–Kier alpha value is -2.70. The smallest absolute Gasteiger partial charge is 0.320 e. The van der Waals surface area contributed by atoms with Gasteiger partial charge in [0.05, 0.1) is 46.8 Å². The molecule has 0 N–H and O–H groups in total. The van der Waals surface area contributed by atoms with Crippen LogP contribution in [0.15, 0.2) is 18.2 Å². The molecule has 2 aromatic rings. The zero-order valence-corrected chi connectivity index (χ0v) is 13.2. The summed E-state index contributed by atoms with van der Waals surface area (Å²) in [6, 6.07) is 5.36. The van der Waals surface area contributed by atoms with Gasteiger partial charge in [0.2, 0.25) is 5.88 Å². The molecule has 0 amide bonds. The molecule has 0 aliphatic heterocycles. The number of hydrogen-bond donors (Lipinski definition) is 0. The summed E-state index contributed by atoms with van der Waals surface area (Å²) in [4.78, 5) is 8.41. The highest BCUT2D eigenvalue weighted by atomic mass is 16.5. The van der Waals surface area contributed by atoms with E-state index in [1.807, 2.05) is 0 Å². The van der Waals surface area contributed by atoms with Crippen molar-refractivity contribution in [1.82, 2.24) is 9.97 Å². The number of nitrogens with zero attached hydrogens (tertiary/aromatic N) is 2. The molecule has 0 saturated carbocycles. The van der Waals surface area contributed by atoms with Crippen molar-refractivity contribution in [1.29, 1.82) is 0 Å². The third kappa shape index (κ3) is 2.98. The van der Waals surface area contributed by atoms with Gasteiger partial charge in [-0.05, 0) is 0 Å². The van der Waals surface area contributed by atoms with Crippen molar-refractivity contribution in [2.45, 2.75) is 0 Å². The summed E-state index contributed by atoms with van der Waals surface area (Å²) >= 11 is 0. The summed E-state index contributed by atoms with van der Waals surface area (Å²) in [5, 5.41) is 0. The molecule has 1 aromatic carbocycles. The molecule has 7 heteroatoms. The second-order valence-electron chi connectivity index (χ2n) is 4.19. The van der Waals surface area contributed by atoms with Gasteiger partial charge < -0.3 is 23.7 Å². The molecule has 7 nitrogen and oxygen atoms in total. The van der Waals surface area contributed by atoms with Gasteiger partial charge in [-0.1, -0.05) is 0 Å². The molecule has 0 fully saturated rings. The van der Waals surface area contributed by atoms with Gasteiger partial charge in [-0.2, -0.15) is 9.97 Å². The number of ether oxygens (including phenoxy) is 5. The van der Waals surface area contributed by atoms with Gasteiger partial charge in [0, 0.05) is 18.2 Å². The van der Waals surface area contributed by atoms with Crippen molar-refractivity contribution in [3.8, 4) is 40.4 Å². The summed E-state index contributed by atoms with van der Waals surface area (Å²) in [5.41, 5.74) is 1.21. The van der Waals surface area contributed by atoms with Crippen molar-refractivity contribution >= 4 is 0 Å². The molecule has 0 saturated heterocycles. The highest BCUT2D eigenvalue weighted by Crippen LogP contribution is 2.41. The quantitative estimate of drug-likeness (QED) is 0.810. The molecule has 0 aliphatic carbocycles. The fraction of sp³-hybridized carbons (Fsp3) is 0.333. The van der Waals surface area contributed by atoms with Gasteiger partial charge in [0.15, 0.2) is 0 Å². The van der Waals surface area contributed by atoms with Crippen LogP contribution in [0.3, 0.4) is 0 Å². The molecular formula is C15H18N2O5. The molecule has 0 radical (unpaired) electrons. The van der Waals surface area contributed by atoms with E-state index < -0.39 is 0 Å². The largest absolute Gasteiger partial charge is 0.496 e. The van der Waals surface area contributed by atoms with Gasteiger partial charge in [0.1, 0.15) is 17.2 Å². The molecule has 2 rings (SSSR count). The Balaban J connectivity index is 2.69. The van der Waals surface area contributed by atoms with E-state index in [4.69, 9.17) is 23.7 Å². The van der Waals surface area contributed by atoms with Gasteiger partial charge in [-0.15, -0.1) is 0 Å². The molecule has 0 atom stereocenters. The fourth-order valence-corrected chi connectivity index (χ4v) is 1.99. The predicted molar refractivity (Wildman–Crippen MR) is 80.2 cm³/mol. The lowest BCUT2D eigenvalue weighted by atomic mass is 10.1. The van der Waals surface area contributed by atoms with Gasteiger partial charge in [-0.25, -0.2) is 0 Å². The van der Waals surface area contributed by atoms with Gasteiger partial charge in [-0.3, -0.25) is 0 Å². The number of benzene rings is 1. The Labute approximate surface area is 128 Å². The first-order valence-electron chi connectivity index (χ1n) is 6.44. The van der Waals surface area contributed by atoms with Crippen molar-refractivity contribution < 1.29 is 23.7 Å². The number of aromatic nitrogens is 2. The zero-order valence-electron chi connectivity index (χ0n) is 13.2. The molecular weight excluding hydrogens is 288 g/mol. The van der Waals surface area contributed by atoms with Crippen LogP contribution in [0.2, 0.25) is 0 Å². The monoisotopic (exact) mass is 306 g/mol. The Morgan fingerprint density at radius 2 is 1.32 bits per heavy atom. The number of rotatable bonds is 6. The average molecular weight is 306 g/mol. The third-order valence-electron chi connectivity index (χ3n) is 3.05. The highest BCUT2D eigenvalue weighted by Gasteiger charge is 2.18. The number of methoxy groups -OCH3 is 5. The first kappa shape index (κ1) is 15.7. The molecule has 118 valence electrons. The Bertz CT molecular complexity index is 613. The van der Waals surface area contributed by atoms with Crippen LogP contribution in [0.1, 0.15) is 0 Å². The summed E-state index contributed by atoms with van der Waals surface area (Å²) in [6.07, 6.45) is 0. The van der Waals surface area contributed by atoms with E-state index in [0.717, 1.165) is 0 Å². The molecule has 0 spiro atoms. The van der Waals surface area contributed by atoms with E-state index in [1.165, 1.54) is 14.2 Å². The minimum absolute atomic E-state index is 0.189. The summed E-state index contributed by atoms with van der Waals surface area (Å²) < 4.78 is 26.4. The zero-order chi connectivity index (χ0) is 16.1. The maximum absolute atomic E-state index is 5.43. The van der Waals surface area contributed by atoms with Crippen molar-refractivity contribution in [3.05, 3.63) is 18.2 Å². The van der Waals surface area contributed by atoms with Crippen LogP contribution in [0.5, 0.6) is 29.1 Å². The van der Waals surface area contributed by atoms with Crippen molar-refractivity contribution in [3.63, 3.8) is 0 Å². The van der Waals surface area contributed by atoms with E-state index in [0.29, 0.717) is 34.4 Å². The van der Waals surface area contributed by atoms with E-state index in [1.54, 1.807) is 39.5 Å². The molecule has 1 aromatic heterocycles. The van der Waals surface area contributed by atoms with Crippen LogP contribution in [-0.2, 0) is 0 Å². The summed E-state index contributed by atoms with van der Waals surface area (Å²) in [6.45, 7) is 0. The molecule has 0 aliphatic rings. The van der Waals surface area contributed by atoms with Crippen molar-refractivity contribution in [2.24, 2.45) is 0 Å². The molecule has 0 unspecified atom stereocenters. The van der Waals surface area contributed by atoms with E-state index in [-0.39, 0.29) is 6.01 Å². The maximum Gasteiger partial charge on any atom is 0.320 e. The maximum atomic E-state index is 5.43. The van der Waals surface area contributed by atoms with E-state index in [9.17, 15) is 0 Å². The second kappa shape index (κ2) is 6.84. The normalized spacial score (nSPS) is 10.0. The minimum atomic E-state index is 0.189. The van der Waals surface area contributed by atoms with Crippen LogP contribution in [0, 0.1) is 0 Å². The highest BCUT2D eigenvalue weighted by molar-refractivity contribution is 5.76. The Morgan fingerprint density at radius 3 is 1.77 bits per heavy atom. The van der Waals surface area contributed by atoms with Crippen LogP contribution in [-0.4, -0.2) is 45.5 Å². The Morgan fingerprint density at radius 1 is 0.682 bits per heavy atom. The second-order valence-corrected chi connectivity index (χ2v) is 4.19. The SMILES string of the molecule is COc1cc(OC)c(-c2cc(OC)nc(OC)n2)c(OC)c1. The number of hydrogen-bond acceptors (Lipinski definition) is 7. The topological polar surface area (TPSA) is 71.9 Å². The average Bonchev–Trinajstić information content (AvgIpc) is 2.59. The van der Waals surface area contributed by atoms with Crippen molar-refractivity contribution in [2.75, 3.05) is 35.5 Å². The van der Waals surface area contributed by atoms with Gasteiger partial charge >= 0.3 is 6.01 Å². The lowest BCUT2D eigenvalue weighted by Crippen LogP contribution is -2.00. The van der Waals surface area contributed by atoms with Crippen LogP contribution in [0.4, 0.5) is 0 Å². The summed E-state index contributed by atoms with van der Waals surface area (Å²) in [7, 11) is 7.71. The lowest BCUT2D eigenvalue weighted by molar-refractivity contribution is 0.352. The first-order chi connectivity index (χ1) is 10.7. The Kier molecular flexibility index (Phi) is 4.88. The van der Waals surface area contributed by atoms with E-state index in [2.05, 4.69) is 9.97 Å². The first-order valence-corrected chi connectivity index (χ1v) is 6.44. The molecule has 0 bridgehead atoms. The molecule has 1 heterocycles. The third-order valence-corrected chi connectivity index (χ3v) is 3.05. The van der Waals surface area contributed by atoms with Gasteiger partial charge in [0.25, 0.3) is 0 Å². The molecule has 22 heavy (non-hydrogen) atoms. The lowest BCUT2D eigenvalue weighted by Gasteiger charge is -2.15.